The van der Waals surface area contributed by atoms with Crippen LogP contribution in [0.4, 0.5) is 5.69 Å². The number of nitrogens with one attached hydrogen (secondary N) is 1. The summed E-state index contributed by atoms with van der Waals surface area (Å²) in [6.07, 6.45) is 4.90. The second-order valence-electron chi connectivity index (χ2n) is 6.48. The maximum atomic E-state index is 13.6. The maximum Gasteiger partial charge on any atom is 0.254 e. The van der Waals surface area contributed by atoms with Gasteiger partial charge in [0.2, 0.25) is 5.75 Å². The first-order valence-corrected chi connectivity index (χ1v) is 8.86. The van der Waals surface area contributed by atoms with Crippen LogP contribution in [-0.4, -0.2) is 57.2 Å². The lowest BCUT2D eigenvalue weighted by molar-refractivity contribution is -0.128. The molecule has 0 radical (unpaired) electrons. The number of carbonyl (C=O) groups excluding carboxylic acids is 1. The van der Waals surface area contributed by atoms with Gasteiger partial charge in [0.15, 0.2) is 11.5 Å². The number of amides is 1. The van der Waals surface area contributed by atoms with Crippen molar-refractivity contribution in [3.05, 3.63) is 30.6 Å². The number of methoxy groups -OCH3 is 3. The third-order valence-corrected chi connectivity index (χ3v) is 5.11. The summed E-state index contributed by atoms with van der Waals surface area (Å²) in [4.78, 5) is 15.2. The van der Waals surface area contributed by atoms with Gasteiger partial charge < -0.3 is 24.4 Å². The van der Waals surface area contributed by atoms with Crippen LogP contribution in [0.1, 0.15) is 12.8 Å². The Morgan fingerprint density at radius 3 is 2.21 bits per heavy atom. The van der Waals surface area contributed by atoms with E-state index in [1.807, 2.05) is 12.3 Å². The number of ether oxygens (including phenoxy) is 3. The average molecular weight is 411 g/mol. The summed E-state index contributed by atoms with van der Waals surface area (Å²) in [7, 11) is 6.43. The molecular formula is C19H27ClN4O4. The van der Waals surface area contributed by atoms with Gasteiger partial charge in [0.05, 0.1) is 27.0 Å². The van der Waals surface area contributed by atoms with Gasteiger partial charge in [-0.15, -0.1) is 12.4 Å². The average Bonchev–Trinajstić information content (AvgIpc) is 3.27. The Kier molecular flexibility index (Phi) is 7.15. The van der Waals surface area contributed by atoms with Gasteiger partial charge in [0, 0.05) is 31.6 Å². The van der Waals surface area contributed by atoms with E-state index in [0.717, 1.165) is 13.1 Å². The molecule has 1 aliphatic rings. The number of hydrogen-bond acceptors (Lipinski definition) is 6. The zero-order valence-electron chi connectivity index (χ0n) is 16.6. The Morgan fingerprint density at radius 1 is 1.14 bits per heavy atom. The minimum Gasteiger partial charge on any atom is -0.493 e. The van der Waals surface area contributed by atoms with E-state index in [1.165, 1.54) is 0 Å². The van der Waals surface area contributed by atoms with E-state index in [0.29, 0.717) is 35.8 Å². The Balaban J connectivity index is 0.00000280. The first-order valence-electron chi connectivity index (χ1n) is 8.86. The standard InChI is InChI=1S/C19H26N4O4.ClH/c1-22(14-12-15(25-2)17(27-4)16(13-14)26-3)18(24)19(6-9-20-10-7-19)23-11-5-8-21-23;/h5,8,11-13,20H,6-7,9-10H2,1-4H3;1H. The highest BCUT2D eigenvalue weighted by atomic mass is 35.5. The number of carbonyl (C=O) groups is 1. The molecule has 0 unspecified atom stereocenters. The molecule has 1 fully saturated rings. The SMILES string of the molecule is COc1cc(N(C)C(=O)C2(n3cccn3)CCNCC2)cc(OC)c1OC.Cl. The molecule has 28 heavy (non-hydrogen) atoms. The fraction of sp³-hybridized carbons (Fsp3) is 0.474. The smallest absolute Gasteiger partial charge is 0.254 e. The molecule has 0 bridgehead atoms. The van der Waals surface area contributed by atoms with E-state index in [1.54, 1.807) is 56.3 Å². The quantitative estimate of drug-likeness (QED) is 0.785. The van der Waals surface area contributed by atoms with Crippen LogP contribution < -0.4 is 24.4 Å². The summed E-state index contributed by atoms with van der Waals surface area (Å²) in [6.45, 7) is 1.52. The van der Waals surface area contributed by atoms with Crippen molar-refractivity contribution >= 4 is 24.0 Å². The van der Waals surface area contributed by atoms with Crippen molar-refractivity contribution in [3.63, 3.8) is 0 Å². The molecule has 0 spiro atoms. The number of halogens is 1. The molecule has 9 heteroatoms. The zero-order valence-corrected chi connectivity index (χ0v) is 17.4. The van der Waals surface area contributed by atoms with Crippen molar-refractivity contribution in [3.8, 4) is 17.2 Å². The van der Waals surface area contributed by atoms with Crippen LogP contribution in [0, 0.1) is 0 Å². The lowest BCUT2D eigenvalue weighted by Crippen LogP contribution is -2.55. The molecule has 8 nitrogen and oxygen atoms in total. The van der Waals surface area contributed by atoms with E-state index in [4.69, 9.17) is 14.2 Å². The van der Waals surface area contributed by atoms with Gasteiger partial charge >= 0.3 is 0 Å². The van der Waals surface area contributed by atoms with Crippen LogP contribution in [0.15, 0.2) is 30.6 Å². The van der Waals surface area contributed by atoms with Crippen molar-refractivity contribution in [2.45, 2.75) is 18.4 Å². The topological polar surface area (TPSA) is 77.9 Å². The van der Waals surface area contributed by atoms with Crippen LogP contribution in [0.3, 0.4) is 0 Å². The molecule has 1 amide bonds. The molecule has 1 aromatic carbocycles. The summed E-state index contributed by atoms with van der Waals surface area (Å²) in [6, 6.07) is 5.39. The van der Waals surface area contributed by atoms with Crippen LogP contribution >= 0.6 is 12.4 Å². The Labute approximate surface area is 171 Å². The summed E-state index contributed by atoms with van der Waals surface area (Å²) < 4.78 is 18.0. The lowest BCUT2D eigenvalue weighted by atomic mass is 9.86. The minimum atomic E-state index is -0.718. The second-order valence-corrected chi connectivity index (χ2v) is 6.48. The number of benzene rings is 1. The molecule has 0 saturated carbocycles. The number of likely N-dealkylation sites (N-methyl/N-ethyl adjacent to an activating group) is 1. The number of piperidine rings is 1. The Morgan fingerprint density at radius 2 is 1.75 bits per heavy atom. The molecule has 0 atom stereocenters. The molecule has 1 saturated heterocycles. The first kappa shape index (κ1) is 21.8. The van der Waals surface area contributed by atoms with Gasteiger partial charge in [0.1, 0.15) is 5.54 Å². The molecule has 3 rings (SSSR count). The highest BCUT2D eigenvalue weighted by molar-refractivity contribution is 5.99. The van der Waals surface area contributed by atoms with Crippen LogP contribution in [0.5, 0.6) is 17.2 Å². The normalized spacial score (nSPS) is 15.3. The highest BCUT2D eigenvalue weighted by Crippen LogP contribution is 2.41. The molecule has 154 valence electrons. The maximum absolute atomic E-state index is 13.6. The summed E-state index contributed by atoms with van der Waals surface area (Å²) in [5, 5.41) is 7.69. The lowest BCUT2D eigenvalue weighted by Gasteiger charge is -2.39. The van der Waals surface area contributed by atoms with E-state index < -0.39 is 5.54 Å². The molecular weight excluding hydrogens is 384 g/mol. The predicted molar refractivity (Wildman–Crippen MR) is 109 cm³/mol. The van der Waals surface area contributed by atoms with Gasteiger partial charge in [-0.1, -0.05) is 0 Å². The monoisotopic (exact) mass is 410 g/mol. The number of hydrogen-bond donors (Lipinski definition) is 1. The number of anilines is 1. The first-order chi connectivity index (χ1) is 13.1. The second kappa shape index (κ2) is 9.16. The zero-order chi connectivity index (χ0) is 19.4. The molecule has 2 heterocycles. The van der Waals surface area contributed by atoms with Gasteiger partial charge in [-0.25, -0.2) is 0 Å². The number of nitrogens with zero attached hydrogens (tertiary/aromatic N) is 3. The third kappa shape index (κ3) is 3.74. The van der Waals surface area contributed by atoms with Gasteiger partial charge in [-0.05, 0) is 32.0 Å². The number of aromatic nitrogens is 2. The van der Waals surface area contributed by atoms with Crippen LogP contribution in [-0.2, 0) is 10.3 Å². The van der Waals surface area contributed by atoms with E-state index in [-0.39, 0.29) is 18.3 Å². The van der Waals surface area contributed by atoms with Crippen molar-refractivity contribution < 1.29 is 19.0 Å². The fourth-order valence-corrected chi connectivity index (χ4v) is 3.59. The van der Waals surface area contributed by atoms with E-state index in [9.17, 15) is 4.79 Å². The fourth-order valence-electron chi connectivity index (χ4n) is 3.59. The summed E-state index contributed by atoms with van der Waals surface area (Å²) >= 11 is 0. The molecule has 0 aliphatic carbocycles. The van der Waals surface area contributed by atoms with Gasteiger partial charge in [-0.3, -0.25) is 9.48 Å². The Hall–Kier alpha value is -2.45. The van der Waals surface area contributed by atoms with Crippen molar-refractivity contribution in [1.82, 2.24) is 15.1 Å². The van der Waals surface area contributed by atoms with Crippen LogP contribution in [0.25, 0.3) is 0 Å². The third-order valence-electron chi connectivity index (χ3n) is 5.11. The van der Waals surface area contributed by atoms with Crippen molar-refractivity contribution in [1.29, 1.82) is 0 Å². The minimum absolute atomic E-state index is 0. The van der Waals surface area contributed by atoms with E-state index in [2.05, 4.69) is 10.4 Å². The largest absolute Gasteiger partial charge is 0.493 e. The molecule has 2 aromatic rings. The Bertz CT molecular complexity index is 766. The number of rotatable bonds is 6. The predicted octanol–water partition coefficient (Wildman–Crippen LogP) is 2.07. The van der Waals surface area contributed by atoms with E-state index >= 15 is 0 Å². The van der Waals surface area contributed by atoms with Crippen LogP contribution in [0.2, 0.25) is 0 Å². The van der Waals surface area contributed by atoms with Crippen molar-refractivity contribution in [2.75, 3.05) is 46.4 Å². The van der Waals surface area contributed by atoms with Gasteiger partial charge in [-0.2, -0.15) is 5.10 Å². The summed E-state index contributed by atoms with van der Waals surface area (Å²) in [5.41, 5.74) is -0.0521. The highest BCUT2D eigenvalue weighted by Gasteiger charge is 2.44. The molecule has 1 aliphatic heterocycles. The van der Waals surface area contributed by atoms with Gasteiger partial charge in [0.25, 0.3) is 5.91 Å². The summed E-state index contributed by atoms with van der Waals surface area (Å²) in [5.74, 6) is 1.48. The molecule has 1 aromatic heterocycles. The van der Waals surface area contributed by atoms with Crippen molar-refractivity contribution in [2.24, 2.45) is 0 Å². The molecule has 1 N–H and O–H groups in total.